The third kappa shape index (κ3) is 6.23. The number of para-hydroxylation sites is 2. The minimum atomic E-state index is 0.325. The van der Waals surface area contributed by atoms with E-state index in [-0.39, 0.29) is 0 Å². The van der Waals surface area contributed by atoms with E-state index in [2.05, 4.69) is 212 Å². The van der Waals surface area contributed by atoms with Gasteiger partial charge in [-0.3, -0.25) is 0 Å². The van der Waals surface area contributed by atoms with Crippen molar-refractivity contribution in [1.29, 1.82) is 0 Å². The van der Waals surface area contributed by atoms with E-state index >= 15 is 0 Å². The highest BCUT2D eigenvalue weighted by Gasteiger charge is 2.23. The molecule has 0 spiro atoms. The number of hydrogen-bond donors (Lipinski definition) is 0. The first-order valence-corrected chi connectivity index (χ1v) is 19.2. The first-order chi connectivity index (χ1) is 26.0. The smallest absolute Gasteiger partial charge is 0.0561 e. The molecule has 260 valence electrons. The van der Waals surface area contributed by atoms with E-state index in [0.717, 1.165) is 23.5 Å². The Labute approximate surface area is 314 Å². The average Bonchev–Trinajstić information content (AvgIpc) is 3.53. The van der Waals surface area contributed by atoms with Crippen LogP contribution in [0.4, 0.5) is 17.1 Å². The summed E-state index contributed by atoms with van der Waals surface area (Å²) in [5.41, 5.74) is 12.4. The lowest BCUT2D eigenvalue weighted by atomic mass is 9.82. The molecule has 0 bridgehead atoms. The Morgan fingerprint density at radius 1 is 0.547 bits per heavy atom. The summed E-state index contributed by atoms with van der Waals surface area (Å²) in [6, 6.07) is 45.0. The number of anilines is 3. The highest BCUT2D eigenvalue weighted by molar-refractivity contribution is 6.11. The van der Waals surface area contributed by atoms with Crippen molar-refractivity contribution in [3.8, 4) is 0 Å². The van der Waals surface area contributed by atoms with Crippen molar-refractivity contribution in [2.24, 2.45) is 17.8 Å². The van der Waals surface area contributed by atoms with E-state index in [0.29, 0.717) is 29.6 Å². The first-order valence-electron chi connectivity index (χ1n) is 19.2. The molecule has 1 aromatic heterocycles. The van der Waals surface area contributed by atoms with E-state index in [1.54, 1.807) is 0 Å². The van der Waals surface area contributed by atoms with Crippen LogP contribution in [-0.4, -0.2) is 4.57 Å². The summed E-state index contributed by atoms with van der Waals surface area (Å²) in [4.78, 5) is 2.39. The van der Waals surface area contributed by atoms with Gasteiger partial charge in [-0.1, -0.05) is 154 Å². The Hall–Kier alpha value is -5.86. The van der Waals surface area contributed by atoms with Crippen LogP contribution in [0.15, 0.2) is 182 Å². The predicted molar refractivity (Wildman–Crippen MR) is 227 cm³/mol. The molecule has 0 aliphatic heterocycles. The van der Waals surface area contributed by atoms with Gasteiger partial charge in [0, 0.05) is 45.4 Å². The molecule has 0 fully saturated rings. The summed E-state index contributed by atoms with van der Waals surface area (Å²) < 4.78 is 2.47. The second-order valence-corrected chi connectivity index (χ2v) is 15.2. The van der Waals surface area contributed by atoms with Crippen molar-refractivity contribution < 1.29 is 0 Å². The number of hydrogen-bond acceptors (Lipinski definition) is 1. The fraction of sp³-hybridized carbons (Fsp3) is 0.176. The maximum atomic E-state index is 2.47. The molecule has 6 aromatic rings. The highest BCUT2D eigenvalue weighted by Crippen LogP contribution is 2.42. The van der Waals surface area contributed by atoms with Crippen molar-refractivity contribution >= 4 is 50.1 Å². The minimum absolute atomic E-state index is 0.325. The minimum Gasteiger partial charge on any atom is -0.310 e. The molecular weight excluding hydrogens is 641 g/mol. The SMILES string of the molecule is CC1C=C(c2ccc(C3C=CC(n4c5ccccc5c5ccc(N(c6ccccc6)c6ccc(C7C=CC=CC7C)cc6)cc54)=CC3C)cc2)C=CC1. The van der Waals surface area contributed by atoms with Crippen molar-refractivity contribution in [2.45, 2.75) is 39.0 Å². The normalized spacial score (nSPS) is 22.3. The third-order valence-corrected chi connectivity index (χ3v) is 11.5. The molecule has 2 nitrogen and oxygen atoms in total. The standard InChI is InChI=1S/C51H46N2/c1-35-12-11-14-41(32-35)38-20-22-39(23-21-38)47-30-28-44(33-37(47)3)53-50-19-10-9-18-48(50)49-31-29-45(34-51(49)53)52(42-15-5-4-6-16-42)43-26-24-40(25-27-43)46-17-8-7-13-36(46)2/h4-11,13-37,46-47H,12H2,1-3H3. The lowest BCUT2D eigenvalue weighted by molar-refractivity contribution is 0.635. The van der Waals surface area contributed by atoms with Gasteiger partial charge in [-0.2, -0.15) is 0 Å². The maximum Gasteiger partial charge on any atom is 0.0561 e. The Balaban J connectivity index is 1.09. The van der Waals surface area contributed by atoms with Gasteiger partial charge in [0.25, 0.3) is 0 Å². The van der Waals surface area contributed by atoms with E-state index < -0.39 is 0 Å². The molecule has 0 saturated heterocycles. The molecule has 0 N–H and O–H groups in total. The lowest BCUT2D eigenvalue weighted by Gasteiger charge is -2.27. The van der Waals surface area contributed by atoms with Crippen LogP contribution in [0, 0.1) is 17.8 Å². The molecule has 5 atom stereocenters. The number of nitrogens with zero attached hydrogens (tertiary/aromatic N) is 2. The topological polar surface area (TPSA) is 8.17 Å². The fourth-order valence-corrected chi connectivity index (χ4v) is 8.68. The molecule has 3 aliphatic rings. The number of allylic oxidation sites excluding steroid dienone is 12. The number of fused-ring (bicyclic) bond motifs is 3. The summed E-state index contributed by atoms with van der Waals surface area (Å²) in [5.74, 6) is 2.13. The quantitative estimate of drug-likeness (QED) is 0.162. The summed E-state index contributed by atoms with van der Waals surface area (Å²) in [6.07, 6.45) is 24.3. The Kier molecular flexibility index (Phi) is 8.68. The van der Waals surface area contributed by atoms with Crippen molar-refractivity contribution in [1.82, 2.24) is 4.57 Å². The summed E-state index contributed by atoms with van der Waals surface area (Å²) in [5, 5.41) is 2.53. The van der Waals surface area contributed by atoms with Gasteiger partial charge in [0.1, 0.15) is 0 Å². The predicted octanol–water partition coefficient (Wildman–Crippen LogP) is 13.9. The lowest BCUT2D eigenvalue weighted by Crippen LogP contribution is -2.12. The molecule has 1 heterocycles. The Morgan fingerprint density at radius 2 is 1.21 bits per heavy atom. The van der Waals surface area contributed by atoms with E-state index in [1.807, 2.05) is 0 Å². The van der Waals surface area contributed by atoms with Crippen molar-refractivity contribution in [2.75, 3.05) is 4.90 Å². The molecular formula is C51H46N2. The molecule has 5 aromatic carbocycles. The fourth-order valence-electron chi connectivity index (χ4n) is 8.68. The summed E-state index contributed by atoms with van der Waals surface area (Å²) in [7, 11) is 0. The monoisotopic (exact) mass is 686 g/mol. The van der Waals surface area contributed by atoms with Crippen LogP contribution in [0.25, 0.3) is 33.1 Å². The molecule has 9 rings (SSSR count). The largest absolute Gasteiger partial charge is 0.310 e. The molecule has 0 amide bonds. The molecule has 53 heavy (non-hydrogen) atoms. The third-order valence-electron chi connectivity index (χ3n) is 11.5. The van der Waals surface area contributed by atoms with Gasteiger partial charge < -0.3 is 9.47 Å². The van der Waals surface area contributed by atoms with Gasteiger partial charge >= 0.3 is 0 Å². The van der Waals surface area contributed by atoms with Crippen molar-refractivity contribution in [3.63, 3.8) is 0 Å². The van der Waals surface area contributed by atoms with E-state index in [4.69, 9.17) is 0 Å². The Bertz CT molecular complexity index is 2470. The average molecular weight is 687 g/mol. The Morgan fingerprint density at radius 3 is 1.96 bits per heavy atom. The van der Waals surface area contributed by atoms with Gasteiger partial charge in [0.15, 0.2) is 0 Å². The maximum absolute atomic E-state index is 2.47. The second-order valence-electron chi connectivity index (χ2n) is 15.2. The number of rotatable bonds is 7. The van der Waals surface area contributed by atoms with Crippen LogP contribution in [0.2, 0.25) is 0 Å². The van der Waals surface area contributed by atoms with Gasteiger partial charge in [-0.15, -0.1) is 0 Å². The number of benzene rings is 5. The van der Waals surface area contributed by atoms with Gasteiger partial charge in [0.05, 0.1) is 11.0 Å². The van der Waals surface area contributed by atoms with Gasteiger partial charge in [-0.25, -0.2) is 0 Å². The molecule has 5 unspecified atom stereocenters. The zero-order chi connectivity index (χ0) is 35.9. The first kappa shape index (κ1) is 33.0. The molecule has 3 aliphatic carbocycles. The van der Waals surface area contributed by atoms with Crippen LogP contribution in [0.1, 0.15) is 55.7 Å². The second kappa shape index (κ2) is 13.9. The zero-order valence-corrected chi connectivity index (χ0v) is 30.8. The van der Waals surface area contributed by atoms with Crippen LogP contribution < -0.4 is 4.90 Å². The van der Waals surface area contributed by atoms with Crippen molar-refractivity contribution in [3.05, 3.63) is 199 Å². The van der Waals surface area contributed by atoms with E-state index in [9.17, 15) is 0 Å². The zero-order valence-electron chi connectivity index (χ0n) is 30.8. The van der Waals surface area contributed by atoms with Crippen LogP contribution in [0.5, 0.6) is 0 Å². The van der Waals surface area contributed by atoms with Crippen LogP contribution in [0.3, 0.4) is 0 Å². The van der Waals surface area contributed by atoms with Gasteiger partial charge in [-0.05, 0) is 95.0 Å². The van der Waals surface area contributed by atoms with Gasteiger partial charge in [0.2, 0.25) is 0 Å². The summed E-state index contributed by atoms with van der Waals surface area (Å²) in [6.45, 7) is 6.95. The summed E-state index contributed by atoms with van der Waals surface area (Å²) >= 11 is 0. The van der Waals surface area contributed by atoms with Crippen LogP contribution in [-0.2, 0) is 0 Å². The van der Waals surface area contributed by atoms with E-state index in [1.165, 1.54) is 49.8 Å². The molecule has 2 heteroatoms. The van der Waals surface area contributed by atoms with Crippen LogP contribution >= 0.6 is 0 Å². The highest BCUT2D eigenvalue weighted by atomic mass is 15.1. The molecule has 0 saturated carbocycles. The number of aromatic nitrogens is 1. The molecule has 0 radical (unpaired) electrons.